The number of rotatable bonds is 5. The van der Waals surface area contributed by atoms with Crippen LogP contribution in [0.4, 0.5) is 5.69 Å². The molecule has 2 aromatic heterocycles. The van der Waals surface area contributed by atoms with Crippen LogP contribution in [0.1, 0.15) is 11.3 Å². The topological polar surface area (TPSA) is 89.3 Å². The van der Waals surface area contributed by atoms with E-state index in [4.69, 9.17) is 0 Å². The number of anilines is 1. The molecule has 1 saturated heterocycles. The Morgan fingerprint density at radius 2 is 1.79 bits per heavy atom. The minimum atomic E-state index is -3.20. The molecule has 0 aliphatic carbocycles. The van der Waals surface area contributed by atoms with E-state index >= 15 is 0 Å². The van der Waals surface area contributed by atoms with E-state index < -0.39 is 15.9 Å². The summed E-state index contributed by atoms with van der Waals surface area (Å²) in [6.07, 6.45) is 1.78. The predicted octanol–water partition coefficient (Wildman–Crippen LogP) is 3.65. The van der Waals surface area contributed by atoms with Gasteiger partial charge in [-0.1, -0.05) is 48.5 Å². The van der Waals surface area contributed by atoms with E-state index in [2.05, 4.69) is 4.98 Å². The van der Waals surface area contributed by atoms with Gasteiger partial charge in [-0.15, -0.1) is 11.3 Å². The Hall–Kier alpha value is -3.30. The van der Waals surface area contributed by atoms with Gasteiger partial charge in [0.25, 0.3) is 5.56 Å². The second-order valence-electron chi connectivity index (χ2n) is 8.41. The maximum Gasteiger partial charge on any atom is 0.263 e. The molecule has 3 heterocycles. The monoisotopic (exact) mass is 493 g/mol. The molecule has 1 aliphatic rings. The maximum absolute atomic E-state index is 13.5. The molecule has 0 saturated carbocycles. The number of hydrogen-bond donors (Lipinski definition) is 0. The first-order valence-corrected chi connectivity index (χ1v) is 13.6. The zero-order valence-electron chi connectivity index (χ0n) is 18.5. The quantitative estimate of drug-likeness (QED) is 0.423. The number of sulfone groups is 1. The molecule has 1 atom stereocenters. The summed E-state index contributed by atoms with van der Waals surface area (Å²) in [7, 11) is -3.20. The largest absolute Gasteiger partial charge is 0.307 e. The van der Waals surface area contributed by atoms with E-state index in [9.17, 15) is 18.0 Å². The second-order valence-corrected chi connectivity index (χ2v) is 11.8. The summed E-state index contributed by atoms with van der Waals surface area (Å²) in [5, 5.41) is 0.499. The van der Waals surface area contributed by atoms with Crippen LogP contribution in [0, 0.1) is 6.92 Å². The number of para-hydroxylation sites is 1. The lowest BCUT2D eigenvalue weighted by atomic mass is 10.0. The van der Waals surface area contributed by atoms with Gasteiger partial charge in [-0.05, 0) is 31.0 Å². The Labute approximate surface area is 201 Å². The van der Waals surface area contributed by atoms with E-state index in [0.717, 1.165) is 16.0 Å². The highest BCUT2D eigenvalue weighted by atomic mass is 32.2. The Morgan fingerprint density at radius 1 is 1.12 bits per heavy atom. The Balaban J connectivity index is 1.54. The number of carbonyl (C=O) groups is 1. The highest BCUT2D eigenvalue weighted by molar-refractivity contribution is 7.91. The first-order valence-electron chi connectivity index (χ1n) is 11.0. The van der Waals surface area contributed by atoms with Crippen LogP contribution >= 0.6 is 11.3 Å². The molecule has 5 rings (SSSR count). The van der Waals surface area contributed by atoms with E-state index in [1.165, 1.54) is 27.1 Å². The molecule has 34 heavy (non-hydrogen) atoms. The average molecular weight is 494 g/mol. The minimum Gasteiger partial charge on any atom is -0.307 e. The van der Waals surface area contributed by atoms with Crippen molar-refractivity contribution in [3.63, 3.8) is 0 Å². The van der Waals surface area contributed by atoms with E-state index in [0.29, 0.717) is 22.3 Å². The third-order valence-electron chi connectivity index (χ3n) is 6.10. The number of hydrogen-bond acceptors (Lipinski definition) is 6. The van der Waals surface area contributed by atoms with Crippen molar-refractivity contribution in [2.75, 3.05) is 16.4 Å². The number of carbonyl (C=O) groups excluding carboxylic acids is 1. The van der Waals surface area contributed by atoms with Gasteiger partial charge < -0.3 is 4.90 Å². The number of benzene rings is 2. The summed E-state index contributed by atoms with van der Waals surface area (Å²) in [4.78, 5) is 34.6. The van der Waals surface area contributed by atoms with Gasteiger partial charge in [-0.2, -0.15) is 0 Å². The van der Waals surface area contributed by atoms with E-state index in [1.54, 1.807) is 24.3 Å². The molecule has 1 amide bonds. The third-order valence-corrected chi connectivity index (χ3v) is 8.86. The molecular weight excluding hydrogens is 470 g/mol. The fraction of sp³-hybridized carbons (Fsp3) is 0.240. The summed E-state index contributed by atoms with van der Waals surface area (Å²) in [5.41, 5.74) is 2.10. The molecule has 1 aliphatic heterocycles. The molecule has 174 valence electrons. The second kappa shape index (κ2) is 8.81. The van der Waals surface area contributed by atoms with Gasteiger partial charge in [0, 0.05) is 16.1 Å². The summed E-state index contributed by atoms with van der Waals surface area (Å²) < 4.78 is 25.6. The molecule has 7 nitrogen and oxygen atoms in total. The number of aromatic nitrogens is 2. The lowest BCUT2D eigenvalue weighted by Gasteiger charge is -2.28. The number of amides is 1. The van der Waals surface area contributed by atoms with Crippen molar-refractivity contribution in [1.29, 1.82) is 0 Å². The van der Waals surface area contributed by atoms with Crippen LogP contribution in [0.2, 0.25) is 0 Å². The van der Waals surface area contributed by atoms with Crippen molar-refractivity contribution in [3.8, 4) is 11.1 Å². The van der Waals surface area contributed by atoms with Crippen LogP contribution in [0.5, 0.6) is 0 Å². The number of fused-ring (bicyclic) bond motifs is 1. The molecule has 9 heteroatoms. The fourth-order valence-electron chi connectivity index (χ4n) is 4.55. The summed E-state index contributed by atoms with van der Waals surface area (Å²) >= 11 is 1.45. The van der Waals surface area contributed by atoms with Crippen molar-refractivity contribution in [3.05, 3.63) is 82.2 Å². The van der Waals surface area contributed by atoms with Crippen molar-refractivity contribution in [2.24, 2.45) is 0 Å². The van der Waals surface area contributed by atoms with Gasteiger partial charge in [0.05, 0.1) is 29.3 Å². The normalized spacial score (nSPS) is 17.1. The van der Waals surface area contributed by atoms with Gasteiger partial charge in [0.1, 0.15) is 11.4 Å². The van der Waals surface area contributed by atoms with Gasteiger partial charge in [0.15, 0.2) is 9.84 Å². The SMILES string of the molecule is Cc1sc2ncn(CC(=O)N(c3ccccc3)[C@H]3CCS(=O)(=O)C3)c(=O)c2c1-c1ccccc1. The fourth-order valence-corrected chi connectivity index (χ4v) is 7.25. The Morgan fingerprint density at radius 3 is 2.44 bits per heavy atom. The van der Waals surface area contributed by atoms with Crippen LogP contribution in [0.15, 0.2) is 71.8 Å². The summed E-state index contributed by atoms with van der Waals surface area (Å²) in [6.45, 7) is 1.73. The molecule has 0 bridgehead atoms. The third kappa shape index (κ3) is 4.17. The molecule has 2 aromatic carbocycles. The number of aryl methyl sites for hydroxylation is 1. The number of thiophene rings is 1. The zero-order valence-corrected chi connectivity index (χ0v) is 20.2. The molecule has 0 N–H and O–H groups in total. The van der Waals surface area contributed by atoms with Crippen LogP contribution in [-0.2, 0) is 21.2 Å². The van der Waals surface area contributed by atoms with Crippen molar-refractivity contribution in [2.45, 2.75) is 25.9 Å². The molecular formula is C25H23N3O4S2. The summed E-state index contributed by atoms with van der Waals surface area (Å²) in [5.74, 6) is -0.373. The lowest BCUT2D eigenvalue weighted by Crippen LogP contribution is -2.44. The van der Waals surface area contributed by atoms with E-state index in [1.807, 2.05) is 43.3 Å². The van der Waals surface area contributed by atoms with Gasteiger partial charge in [-0.25, -0.2) is 13.4 Å². The first-order chi connectivity index (χ1) is 16.3. The van der Waals surface area contributed by atoms with Gasteiger partial charge in [-0.3, -0.25) is 14.2 Å². The number of nitrogens with zero attached hydrogens (tertiary/aromatic N) is 3. The maximum atomic E-state index is 13.5. The van der Waals surface area contributed by atoms with Crippen LogP contribution < -0.4 is 10.5 Å². The van der Waals surface area contributed by atoms with Crippen molar-refractivity contribution < 1.29 is 13.2 Å². The molecule has 1 fully saturated rings. The Kier molecular flexibility index (Phi) is 5.83. The average Bonchev–Trinajstić information content (AvgIpc) is 3.36. The van der Waals surface area contributed by atoms with Gasteiger partial charge in [0.2, 0.25) is 5.91 Å². The van der Waals surface area contributed by atoms with Crippen LogP contribution in [0.25, 0.3) is 21.3 Å². The molecule has 4 aromatic rings. The van der Waals surface area contributed by atoms with E-state index in [-0.39, 0.29) is 29.5 Å². The predicted molar refractivity (Wildman–Crippen MR) is 135 cm³/mol. The first kappa shape index (κ1) is 22.5. The lowest BCUT2D eigenvalue weighted by molar-refractivity contribution is -0.119. The van der Waals surface area contributed by atoms with Crippen molar-refractivity contribution in [1.82, 2.24) is 9.55 Å². The smallest absolute Gasteiger partial charge is 0.263 e. The van der Waals surface area contributed by atoms with Crippen LogP contribution in [-0.4, -0.2) is 41.4 Å². The Bertz CT molecular complexity index is 1530. The standard InChI is InChI=1S/C25H23N3O4S2/c1-17-22(18-8-4-2-5-9-18)23-24(33-17)26-16-27(25(23)30)14-21(29)28(19-10-6-3-7-11-19)20-12-13-34(31,32)15-20/h2-11,16,20H,12-15H2,1H3/t20-/m0/s1. The van der Waals surface area contributed by atoms with Crippen molar-refractivity contribution >= 4 is 43.0 Å². The minimum absolute atomic E-state index is 0.0519. The molecule has 0 radical (unpaired) electrons. The molecule has 0 spiro atoms. The van der Waals surface area contributed by atoms with Crippen LogP contribution in [0.3, 0.4) is 0 Å². The highest BCUT2D eigenvalue weighted by Crippen LogP contribution is 2.35. The van der Waals surface area contributed by atoms with Gasteiger partial charge >= 0.3 is 0 Å². The highest BCUT2D eigenvalue weighted by Gasteiger charge is 2.35. The molecule has 0 unspecified atom stereocenters. The zero-order chi connectivity index (χ0) is 23.9. The summed E-state index contributed by atoms with van der Waals surface area (Å²) in [6, 6.07) is 18.2.